The van der Waals surface area contributed by atoms with Crippen molar-refractivity contribution in [3.8, 4) is 0 Å². The second kappa shape index (κ2) is 8.43. The van der Waals surface area contributed by atoms with E-state index in [4.69, 9.17) is 4.74 Å². The summed E-state index contributed by atoms with van der Waals surface area (Å²) >= 11 is 1.26. The van der Waals surface area contributed by atoms with E-state index in [1.54, 1.807) is 18.4 Å². The molecule has 0 saturated carbocycles. The Hall–Kier alpha value is -2.67. The molecule has 0 aliphatic rings. The normalized spacial score (nSPS) is 10.2. The van der Waals surface area contributed by atoms with Gasteiger partial charge in [-0.05, 0) is 48.9 Å². The highest BCUT2D eigenvalue weighted by molar-refractivity contribution is 7.12. The monoisotopic (exact) mass is 360 g/mol. The molecule has 25 heavy (non-hydrogen) atoms. The third kappa shape index (κ3) is 5.15. The molecule has 1 heterocycles. The summed E-state index contributed by atoms with van der Waals surface area (Å²) in [6.45, 7) is 4.97. The van der Waals surface area contributed by atoms with Gasteiger partial charge in [0.1, 0.15) is 4.88 Å². The third-order valence-corrected chi connectivity index (χ3v) is 4.57. The molecule has 0 spiro atoms. The van der Waals surface area contributed by atoms with Gasteiger partial charge >= 0.3 is 5.97 Å². The minimum Gasteiger partial charge on any atom is -0.451 e. The zero-order valence-corrected chi connectivity index (χ0v) is 15.2. The highest BCUT2D eigenvalue weighted by Crippen LogP contribution is 2.19. The number of nitrogens with one attached hydrogen (secondary N) is 2. The number of carbonyl (C=O) groups is 3. The van der Waals surface area contributed by atoms with Gasteiger partial charge in [-0.3, -0.25) is 9.59 Å². The lowest BCUT2D eigenvalue weighted by atomic mass is 10.1. The number of para-hydroxylation sites is 1. The highest BCUT2D eigenvalue weighted by Gasteiger charge is 2.14. The maximum absolute atomic E-state index is 12.0. The van der Waals surface area contributed by atoms with Gasteiger partial charge < -0.3 is 15.4 Å². The van der Waals surface area contributed by atoms with Crippen LogP contribution in [-0.2, 0) is 14.3 Å². The summed E-state index contributed by atoms with van der Waals surface area (Å²) in [5.41, 5.74) is 3.43. The first kappa shape index (κ1) is 18.7. The summed E-state index contributed by atoms with van der Waals surface area (Å²) in [5.74, 6) is -1.41. The van der Waals surface area contributed by atoms with Crippen molar-refractivity contribution in [3.63, 3.8) is 0 Å². The van der Waals surface area contributed by atoms with Crippen molar-refractivity contribution in [2.45, 2.75) is 20.8 Å². The van der Waals surface area contributed by atoms with Gasteiger partial charge in [0, 0.05) is 5.69 Å². The van der Waals surface area contributed by atoms with Gasteiger partial charge in [-0.1, -0.05) is 18.2 Å². The maximum Gasteiger partial charge on any atom is 0.349 e. The van der Waals surface area contributed by atoms with Gasteiger partial charge in [0.15, 0.2) is 6.61 Å². The number of hydrogen-bond acceptors (Lipinski definition) is 5. The number of benzene rings is 1. The van der Waals surface area contributed by atoms with E-state index in [2.05, 4.69) is 10.6 Å². The lowest BCUT2D eigenvalue weighted by Crippen LogP contribution is -2.35. The Morgan fingerprint density at radius 1 is 1.00 bits per heavy atom. The smallest absolute Gasteiger partial charge is 0.349 e. The number of ether oxygens (including phenoxy) is 1. The van der Waals surface area contributed by atoms with E-state index in [0.29, 0.717) is 4.88 Å². The first-order valence-corrected chi connectivity index (χ1v) is 8.60. The topological polar surface area (TPSA) is 84.5 Å². The van der Waals surface area contributed by atoms with Crippen molar-refractivity contribution in [2.24, 2.45) is 0 Å². The number of carbonyl (C=O) groups excluding carboxylic acids is 3. The number of amides is 2. The Bertz CT molecular complexity index is 778. The van der Waals surface area contributed by atoms with Crippen LogP contribution in [0, 0.1) is 20.8 Å². The van der Waals surface area contributed by atoms with Gasteiger partial charge in [0.25, 0.3) is 5.91 Å². The molecule has 0 unspecified atom stereocenters. The minimum absolute atomic E-state index is 0.192. The van der Waals surface area contributed by atoms with Gasteiger partial charge in [0.2, 0.25) is 5.91 Å². The van der Waals surface area contributed by atoms with Crippen molar-refractivity contribution in [1.29, 1.82) is 0 Å². The Balaban J connectivity index is 1.77. The van der Waals surface area contributed by atoms with Crippen LogP contribution in [-0.4, -0.2) is 30.9 Å². The van der Waals surface area contributed by atoms with Crippen LogP contribution in [0.5, 0.6) is 0 Å². The van der Waals surface area contributed by atoms with Crippen molar-refractivity contribution in [1.82, 2.24) is 5.32 Å². The predicted octanol–water partition coefficient (Wildman–Crippen LogP) is 2.59. The molecule has 2 N–H and O–H groups in total. The summed E-state index contributed by atoms with van der Waals surface area (Å²) in [7, 11) is 0. The van der Waals surface area contributed by atoms with Crippen LogP contribution in [0.25, 0.3) is 0 Å². The van der Waals surface area contributed by atoms with E-state index >= 15 is 0 Å². The standard InChI is InChI=1S/C18H20N2O4S/c1-11-5-4-6-12(2)16(11)20-14(21)9-19-15(22)10-24-18(23)17-13(3)7-8-25-17/h4-8H,9-10H2,1-3H3,(H,19,22)(H,20,21). The molecule has 6 nitrogen and oxygen atoms in total. The van der Waals surface area contributed by atoms with Crippen LogP contribution >= 0.6 is 11.3 Å². The summed E-state index contributed by atoms with van der Waals surface area (Å²) in [6.07, 6.45) is 0. The zero-order valence-electron chi connectivity index (χ0n) is 14.3. The molecule has 2 aromatic rings. The van der Waals surface area contributed by atoms with E-state index < -0.39 is 18.5 Å². The molecule has 2 amide bonds. The van der Waals surface area contributed by atoms with Crippen LogP contribution in [0.3, 0.4) is 0 Å². The molecule has 1 aromatic heterocycles. The van der Waals surface area contributed by atoms with E-state index in [1.165, 1.54) is 11.3 Å². The summed E-state index contributed by atoms with van der Waals surface area (Å²) in [5, 5.41) is 6.98. The van der Waals surface area contributed by atoms with E-state index in [9.17, 15) is 14.4 Å². The van der Waals surface area contributed by atoms with Crippen molar-refractivity contribution in [3.05, 3.63) is 51.2 Å². The van der Waals surface area contributed by atoms with Crippen LogP contribution in [0.1, 0.15) is 26.4 Å². The molecule has 1 aromatic carbocycles. The Labute approximate surface area is 150 Å². The van der Waals surface area contributed by atoms with Gasteiger partial charge in [-0.2, -0.15) is 0 Å². The molecule has 132 valence electrons. The molecule has 0 aliphatic heterocycles. The number of hydrogen-bond donors (Lipinski definition) is 2. The molecule has 0 fully saturated rings. The zero-order chi connectivity index (χ0) is 18.4. The van der Waals surface area contributed by atoms with E-state index in [1.807, 2.05) is 32.0 Å². The largest absolute Gasteiger partial charge is 0.451 e. The molecule has 0 radical (unpaired) electrons. The fourth-order valence-corrected chi connectivity index (χ4v) is 3.02. The first-order chi connectivity index (χ1) is 11.9. The summed E-state index contributed by atoms with van der Waals surface area (Å²) in [6, 6.07) is 7.51. The maximum atomic E-state index is 12.0. The highest BCUT2D eigenvalue weighted by atomic mass is 32.1. The van der Waals surface area contributed by atoms with Crippen molar-refractivity contribution < 1.29 is 19.1 Å². The second-order valence-electron chi connectivity index (χ2n) is 5.60. The van der Waals surface area contributed by atoms with Gasteiger partial charge in [-0.15, -0.1) is 11.3 Å². The van der Waals surface area contributed by atoms with Crippen LogP contribution in [0.15, 0.2) is 29.6 Å². The molecular weight excluding hydrogens is 340 g/mol. The fourth-order valence-electron chi connectivity index (χ4n) is 2.20. The molecule has 7 heteroatoms. The average molecular weight is 360 g/mol. The summed E-state index contributed by atoms with van der Waals surface area (Å²) < 4.78 is 4.95. The quantitative estimate of drug-likeness (QED) is 0.776. The summed E-state index contributed by atoms with van der Waals surface area (Å²) in [4.78, 5) is 36.0. The number of esters is 1. The molecule has 0 saturated heterocycles. The number of thiophene rings is 1. The molecule has 0 atom stereocenters. The van der Waals surface area contributed by atoms with Crippen LogP contribution < -0.4 is 10.6 Å². The SMILES string of the molecule is Cc1ccsc1C(=O)OCC(=O)NCC(=O)Nc1c(C)cccc1C. The number of aryl methyl sites for hydroxylation is 3. The lowest BCUT2D eigenvalue weighted by molar-refractivity contribution is -0.126. The Kier molecular flexibility index (Phi) is 6.30. The average Bonchev–Trinajstić information content (AvgIpc) is 3.00. The lowest BCUT2D eigenvalue weighted by Gasteiger charge is -2.12. The predicted molar refractivity (Wildman–Crippen MR) is 96.9 cm³/mol. The minimum atomic E-state index is -0.539. The van der Waals surface area contributed by atoms with E-state index in [-0.39, 0.29) is 12.5 Å². The second-order valence-corrected chi connectivity index (χ2v) is 6.52. The molecule has 2 rings (SSSR count). The Morgan fingerprint density at radius 2 is 1.68 bits per heavy atom. The molecular formula is C18H20N2O4S. The third-order valence-electron chi connectivity index (χ3n) is 3.57. The fraction of sp³-hybridized carbons (Fsp3) is 0.278. The van der Waals surface area contributed by atoms with Crippen LogP contribution in [0.4, 0.5) is 5.69 Å². The van der Waals surface area contributed by atoms with Gasteiger partial charge in [0.05, 0.1) is 6.54 Å². The molecule has 0 aliphatic carbocycles. The van der Waals surface area contributed by atoms with Crippen molar-refractivity contribution >= 4 is 34.8 Å². The first-order valence-electron chi connectivity index (χ1n) is 7.72. The number of rotatable bonds is 6. The van der Waals surface area contributed by atoms with Crippen LogP contribution in [0.2, 0.25) is 0 Å². The number of anilines is 1. The van der Waals surface area contributed by atoms with E-state index in [0.717, 1.165) is 22.4 Å². The van der Waals surface area contributed by atoms with Gasteiger partial charge in [-0.25, -0.2) is 4.79 Å². The molecule has 0 bridgehead atoms. The van der Waals surface area contributed by atoms with Crippen molar-refractivity contribution in [2.75, 3.05) is 18.5 Å². The Morgan fingerprint density at radius 3 is 2.28 bits per heavy atom.